The SMILES string of the molecule is CCOc1ccc(/C=C2\SC(=O)N(CC(=O)Nc3ccccc3)C2=O)cc1Cl. The monoisotopic (exact) mass is 416 g/mol. The number of amides is 3. The van der Waals surface area contributed by atoms with Gasteiger partial charge in [0.2, 0.25) is 5.91 Å². The molecule has 0 atom stereocenters. The van der Waals surface area contributed by atoms with Gasteiger partial charge in [0.15, 0.2) is 0 Å². The van der Waals surface area contributed by atoms with Crippen LogP contribution in [0.25, 0.3) is 6.08 Å². The van der Waals surface area contributed by atoms with Crippen LogP contribution in [0.4, 0.5) is 10.5 Å². The van der Waals surface area contributed by atoms with E-state index in [0.29, 0.717) is 28.6 Å². The number of halogens is 1. The highest BCUT2D eigenvalue weighted by molar-refractivity contribution is 8.18. The fraction of sp³-hybridized carbons (Fsp3) is 0.150. The van der Waals surface area contributed by atoms with Crippen LogP contribution in [0.5, 0.6) is 5.75 Å². The molecule has 0 saturated carbocycles. The largest absolute Gasteiger partial charge is 0.492 e. The average molecular weight is 417 g/mol. The van der Waals surface area contributed by atoms with Gasteiger partial charge in [-0.2, -0.15) is 0 Å². The van der Waals surface area contributed by atoms with Crippen molar-refractivity contribution < 1.29 is 19.1 Å². The lowest BCUT2D eigenvalue weighted by molar-refractivity contribution is -0.127. The molecule has 2 aromatic rings. The number of imide groups is 1. The second kappa shape index (κ2) is 8.95. The molecular weight excluding hydrogens is 400 g/mol. The van der Waals surface area contributed by atoms with E-state index in [-0.39, 0.29) is 11.4 Å². The average Bonchev–Trinajstić information content (AvgIpc) is 2.92. The van der Waals surface area contributed by atoms with E-state index in [1.807, 2.05) is 13.0 Å². The van der Waals surface area contributed by atoms with Crippen molar-refractivity contribution in [2.24, 2.45) is 0 Å². The highest BCUT2D eigenvalue weighted by Gasteiger charge is 2.36. The Labute approximate surface area is 171 Å². The molecule has 144 valence electrons. The Morgan fingerprint density at radius 1 is 1.21 bits per heavy atom. The lowest BCUT2D eigenvalue weighted by atomic mass is 10.2. The van der Waals surface area contributed by atoms with Crippen molar-refractivity contribution in [2.45, 2.75) is 6.92 Å². The summed E-state index contributed by atoms with van der Waals surface area (Å²) in [6, 6.07) is 13.9. The van der Waals surface area contributed by atoms with E-state index in [0.717, 1.165) is 16.7 Å². The van der Waals surface area contributed by atoms with E-state index in [1.54, 1.807) is 48.5 Å². The van der Waals surface area contributed by atoms with Gasteiger partial charge in [-0.25, -0.2) is 0 Å². The van der Waals surface area contributed by atoms with Crippen LogP contribution in [0.3, 0.4) is 0 Å². The van der Waals surface area contributed by atoms with Crippen molar-refractivity contribution in [3.05, 3.63) is 64.0 Å². The molecule has 2 aromatic carbocycles. The van der Waals surface area contributed by atoms with Gasteiger partial charge in [-0.1, -0.05) is 35.9 Å². The van der Waals surface area contributed by atoms with Crippen LogP contribution in [-0.2, 0) is 9.59 Å². The molecular formula is C20H17ClN2O4S. The molecule has 6 nitrogen and oxygen atoms in total. The summed E-state index contributed by atoms with van der Waals surface area (Å²) in [5.41, 5.74) is 1.26. The van der Waals surface area contributed by atoms with Crippen LogP contribution < -0.4 is 10.1 Å². The number of anilines is 1. The third-order valence-electron chi connectivity index (χ3n) is 3.79. The second-order valence-corrected chi connectivity index (χ2v) is 7.21. The van der Waals surface area contributed by atoms with Gasteiger partial charge in [0.05, 0.1) is 16.5 Å². The topological polar surface area (TPSA) is 75.7 Å². The van der Waals surface area contributed by atoms with E-state index >= 15 is 0 Å². The molecule has 1 aliphatic rings. The molecule has 1 N–H and O–H groups in total. The van der Waals surface area contributed by atoms with Crippen molar-refractivity contribution in [2.75, 3.05) is 18.5 Å². The Morgan fingerprint density at radius 2 is 1.96 bits per heavy atom. The number of hydrogen-bond acceptors (Lipinski definition) is 5. The van der Waals surface area contributed by atoms with Gasteiger partial charge in [-0.3, -0.25) is 19.3 Å². The fourth-order valence-corrected chi connectivity index (χ4v) is 3.61. The molecule has 3 amide bonds. The summed E-state index contributed by atoms with van der Waals surface area (Å²) >= 11 is 6.95. The van der Waals surface area contributed by atoms with Crippen molar-refractivity contribution in [3.8, 4) is 5.75 Å². The maximum Gasteiger partial charge on any atom is 0.294 e. The van der Waals surface area contributed by atoms with Crippen molar-refractivity contribution in [3.63, 3.8) is 0 Å². The number of nitrogens with zero attached hydrogens (tertiary/aromatic N) is 1. The van der Waals surface area contributed by atoms with Crippen LogP contribution in [0.15, 0.2) is 53.4 Å². The molecule has 1 aliphatic heterocycles. The van der Waals surface area contributed by atoms with Crippen molar-refractivity contribution in [1.82, 2.24) is 4.90 Å². The molecule has 1 saturated heterocycles. The Kier molecular flexibility index (Phi) is 6.38. The van der Waals surface area contributed by atoms with Crippen molar-refractivity contribution >= 4 is 52.2 Å². The zero-order valence-corrected chi connectivity index (χ0v) is 16.5. The molecule has 1 fully saturated rings. The Balaban J connectivity index is 1.70. The molecule has 3 rings (SSSR count). The molecule has 28 heavy (non-hydrogen) atoms. The number of thioether (sulfide) groups is 1. The van der Waals surface area contributed by atoms with Gasteiger partial charge in [-0.15, -0.1) is 0 Å². The van der Waals surface area contributed by atoms with Gasteiger partial charge in [0.1, 0.15) is 12.3 Å². The third-order valence-corrected chi connectivity index (χ3v) is 4.99. The van der Waals surface area contributed by atoms with Gasteiger partial charge in [0, 0.05) is 5.69 Å². The maximum absolute atomic E-state index is 12.5. The lowest BCUT2D eigenvalue weighted by Gasteiger charge is -2.12. The molecule has 0 aromatic heterocycles. The first-order chi connectivity index (χ1) is 13.5. The quantitative estimate of drug-likeness (QED) is 0.706. The van der Waals surface area contributed by atoms with Crippen molar-refractivity contribution in [1.29, 1.82) is 0 Å². The normalized spacial score (nSPS) is 15.2. The van der Waals surface area contributed by atoms with Crippen LogP contribution in [-0.4, -0.2) is 35.1 Å². The van der Waals surface area contributed by atoms with Crippen LogP contribution in [0, 0.1) is 0 Å². The van der Waals surface area contributed by atoms with Gasteiger partial charge in [0.25, 0.3) is 11.1 Å². The molecule has 0 spiro atoms. The Bertz CT molecular complexity index is 946. The van der Waals surface area contributed by atoms with E-state index in [1.165, 1.54) is 0 Å². The number of carbonyl (C=O) groups excluding carboxylic acids is 3. The summed E-state index contributed by atoms with van der Waals surface area (Å²) in [6.07, 6.45) is 1.57. The van der Waals surface area contributed by atoms with E-state index in [9.17, 15) is 14.4 Å². The summed E-state index contributed by atoms with van der Waals surface area (Å²) in [6.45, 7) is 2.00. The highest BCUT2D eigenvalue weighted by atomic mass is 35.5. The number of ether oxygens (including phenoxy) is 1. The smallest absolute Gasteiger partial charge is 0.294 e. The molecule has 0 unspecified atom stereocenters. The minimum Gasteiger partial charge on any atom is -0.492 e. The van der Waals surface area contributed by atoms with Gasteiger partial charge in [-0.05, 0) is 54.6 Å². The summed E-state index contributed by atoms with van der Waals surface area (Å²) in [5, 5.41) is 2.58. The minimum absolute atomic E-state index is 0.234. The van der Waals surface area contributed by atoms with E-state index in [4.69, 9.17) is 16.3 Å². The molecule has 0 bridgehead atoms. The molecule has 8 heteroatoms. The minimum atomic E-state index is -0.511. The zero-order valence-electron chi connectivity index (χ0n) is 15.0. The molecule has 1 heterocycles. The lowest BCUT2D eigenvalue weighted by Crippen LogP contribution is -2.36. The summed E-state index contributed by atoms with van der Waals surface area (Å²) in [4.78, 5) is 38.0. The molecule has 0 radical (unpaired) electrons. The third kappa shape index (κ3) is 4.74. The van der Waals surface area contributed by atoms with Crippen LogP contribution in [0.1, 0.15) is 12.5 Å². The highest BCUT2D eigenvalue weighted by Crippen LogP contribution is 2.33. The summed E-state index contributed by atoms with van der Waals surface area (Å²) in [7, 11) is 0. The number of para-hydroxylation sites is 1. The fourth-order valence-electron chi connectivity index (χ4n) is 2.53. The first kappa shape index (κ1) is 20.0. The summed E-state index contributed by atoms with van der Waals surface area (Å²) < 4.78 is 5.38. The number of benzene rings is 2. The predicted molar refractivity (Wildman–Crippen MR) is 110 cm³/mol. The first-order valence-corrected chi connectivity index (χ1v) is 9.70. The number of carbonyl (C=O) groups is 3. The van der Waals surface area contributed by atoms with Gasteiger partial charge >= 0.3 is 0 Å². The maximum atomic E-state index is 12.5. The van der Waals surface area contributed by atoms with Gasteiger partial charge < -0.3 is 10.1 Å². The standard InChI is InChI=1S/C20H17ClN2O4S/c1-2-27-16-9-8-13(10-15(16)21)11-17-19(25)23(20(26)28-17)12-18(24)22-14-6-4-3-5-7-14/h3-11H,2,12H2,1H3,(H,22,24)/b17-11-. The van der Waals surface area contributed by atoms with Crippen LogP contribution in [0.2, 0.25) is 5.02 Å². The van der Waals surface area contributed by atoms with Crippen LogP contribution >= 0.6 is 23.4 Å². The molecule has 0 aliphatic carbocycles. The van der Waals surface area contributed by atoms with E-state index in [2.05, 4.69) is 5.32 Å². The van der Waals surface area contributed by atoms with E-state index < -0.39 is 17.1 Å². The second-order valence-electron chi connectivity index (χ2n) is 5.80. The number of hydrogen-bond donors (Lipinski definition) is 1. The predicted octanol–water partition coefficient (Wildman–Crippen LogP) is 4.41. The summed E-state index contributed by atoms with van der Waals surface area (Å²) in [5.74, 6) is -0.408. The number of rotatable bonds is 6. The Morgan fingerprint density at radius 3 is 2.64 bits per heavy atom. The Hall–Kier alpha value is -2.77. The number of nitrogens with one attached hydrogen (secondary N) is 1. The first-order valence-electron chi connectivity index (χ1n) is 8.50. The zero-order chi connectivity index (χ0) is 20.1.